The minimum atomic E-state index is -3.69. The van der Waals surface area contributed by atoms with Crippen molar-refractivity contribution in [2.24, 2.45) is 0 Å². The molecule has 0 saturated carbocycles. The lowest BCUT2D eigenvalue weighted by atomic mass is 10.0. The molecule has 0 bridgehead atoms. The largest absolute Gasteiger partial charge is 0.495 e. The summed E-state index contributed by atoms with van der Waals surface area (Å²) >= 11 is 0. The number of nitrogens with zero attached hydrogens (tertiary/aromatic N) is 2. The second-order valence-corrected chi connectivity index (χ2v) is 11.6. The van der Waals surface area contributed by atoms with Gasteiger partial charge in [0.1, 0.15) is 17.6 Å². The molecule has 2 amide bonds. The fourth-order valence-electron chi connectivity index (χ4n) is 4.55. The van der Waals surface area contributed by atoms with Crippen molar-refractivity contribution in [3.8, 4) is 5.75 Å². The van der Waals surface area contributed by atoms with E-state index in [9.17, 15) is 22.4 Å². The number of sulfonamides is 1. The van der Waals surface area contributed by atoms with Gasteiger partial charge in [0, 0.05) is 38.0 Å². The number of para-hydroxylation sites is 2. The van der Waals surface area contributed by atoms with Gasteiger partial charge in [0.25, 0.3) is 0 Å². The van der Waals surface area contributed by atoms with Crippen molar-refractivity contribution in [2.45, 2.75) is 45.2 Å². The van der Waals surface area contributed by atoms with E-state index in [1.54, 1.807) is 42.5 Å². The van der Waals surface area contributed by atoms with E-state index >= 15 is 0 Å². The first-order valence-corrected chi connectivity index (χ1v) is 15.5. The predicted molar refractivity (Wildman–Crippen MR) is 159 cm³/mol. The topological polar surface area (TPSA) is 96.0 Å². The molecule has 8 nitrogen and oxygen atoms in total. The van der Waals surface area contributed by atoms with Crippen LogP contribution in [-0.4, -0.2) is 57.6 Å². The van der Waals surface area contributed by atoms with E-state index in [0.717, 1.165) is 18.2 Å². The van der Waals surface area contributed by atoms with Crippen molar-refractivity contribution in [1.29, 1.82) is 0 Å². The Bertz CT molecular complexity index is 1400. The number of anilines is 1. The summed E-state index contributed by atoms with van der Waals surface area (Å²) in [5.41, 5.74) is 1.51. The molecule has 1 N–H and O–H groups in total. The molecule has 0 aromatic heterocycles. The van der Waals surface area contributed by atoms with Crippen LogP contribution in [0, 0.1) is 5.82 Å². The molecule has 0 saturated heterocycles. The summed E-state index contributed by atoms with van der Waals surface area (Å²) in [6, 6.07) is 21.4. The van der Waals surface area contributed by atoms with Gasteiger partial charge in [-0.05, 0) is 36.6 Å². The lowest BCUT2D eigenvalue weighted by Crippen LogP contribution is -2.50. The van der Waals surface area contributed by atoms with Gasteiger partial charge in [-0.15, -0.1) is 0 Å². The molecule has 10 heteroatoms. The number of benzene rings is 3. The van der Waals surface area contributed by atoms with E-state index in [1.165, 1.54) is 22.4 Å². The van der Waals surface area contributed by atoms with Crippen molar-refractivity contribution in [3.63, 3.8) is 0 Å². The summed E-state index contributed by atoms with van der Waals surface area (Å²) in [5, 5.41) is 2.89. The van der Waals surface area contributed by atoms with Crippen LogP contribution in [0.1, 0.15) is 37.3 Å². The smallest absolute Gasteiger partial charge is 0.243 e. The Morgan fingerprint density at radius 3 is 2.29 bits per heavy atom. The summed E-state index contributed by atoms with van der Waals surface area (Å²) in [7, 11) is -2.23. The Kier molecular flexibility index (Phi) is 11.7. The van der Waals surface area contributed by atoms with Crippen LogP contribution in [0.5, 0.6) is 5.75 Å². The number of methoxy groups -OCH3 is 1. The standard InChI is InChI=1S/C31H38FN3O5S/c1-4-20-33-31(37)28(22-24-13-6-5-7-14-24)34(23-25-15-8-9-16-26(25)32)30(36)19-12-21-35(41(3,38)39)27-17-10-11-18-29(27)40-2/h5-11,13-18,28H,4,12,19-23H2,1-3H3,(H,33,37)/t28-/m0/s1. The number of ether oxygens (including phenoxy) is 1. The highest BCUT2D eigenvalue weighted by Crippen LogP contribution is 2.30. The fraction of sp³-hybridized carbons (Fsp3) is 0.355. The van der Waals surface area contributed by atoms with Gasteiger partial charge in [-0.1, -0.05) is 67.6 Å². The predicted octanol–water partition coefficient (Wildman–Crippen LogP) is 4.55. The van der Waals surface area contributed by atoms with Crippen molar-refractivity contribution in [3.05, 3.63) is 95.8 Å². The highest BCUT2D eigenvalue weighted by Gasteiger charge is 2.31. The zero-order valence-electron chi connectivity index (χ0n) is 23.8. The molecule has 1 atom stereocenters. The van der Waals surface area contributed by atoms with Crippen LogP contribution >= 0.6 is 0 Å². The molecular weight excluding hydrogens is 545 g/mol. The number of nitrogens with one attached hydrogen (secondary N) is 1. The maximum Gasteiger partial charge on any atom is 0.243 e. The second-order valence-electron chi connectivity index (χ2n) is 9.72. The van der Waals surface area contributed by atoms with Crippen LogP contribution < -0.4 is 14.4 Å². The van der Waals surface area contributed by atoms with Gasteiger partial charge in [-0.25, -0.2) is 12.8 Å². The molecule has 0 aliphatic heterocycles. The van der Waals surface area contributed by atoms with Crippen LogP contribution in [-0.2, 0) is 32.6 Å². The van der Waals surface area contributed by atoms with Crippen LogP contribution in [0.25, 0.3) is 0 Å². The van der Waals surface area contributed by atoms with Crippen LogP contribution in [0.15, 0.2) is 78.9 Å². The zero-order valence-corrected chi connectivity index (χ0v) is 24.6. The van der Waals surface area contributed by atoms with Crippen LogP contribution in [0.3, 0.4) is 0 Å². The van der Waals surface area contributed by atoms with Gasteiger partial charge in [0.2, 0.25) is 21.8 Å². The third kappa shape index (κ3) is 9.04. The molecular formula is C31H38FN3O5S. The number of carbonyl (C=O) groups excluding carboxylic acids is 2. The van der Waals surface area contributed by atoms with Gasteiger partial charge < -0.3 is 15.0 Å². The minimum Gasteiger partial charge on any atom is -0.495 e. The lowest BCUT2D eigenvalue weighted by molar-refractivity contribution is -0.141. The summed E-state index contributed by atoms with van der Waals surface area (Å²) in [5.74, 6) is -0.792. The molecule has 0 radical (unpaired) electrons. The molecule has 0 heterocycles. The Balaban J connectivity index is 1.89. The summed E-state index contributed by atoms with van der Waals surface area (Å²) in [4.78, 5) is 28.6. The summed E-state index contributed by atoms with van der Waals surface area (Å²) in [6.07, 6.45) is 2.18. The van der Waals surface area contributed by atoms with Gasteiger partial charge >= 0.3 is 0 Å². The van der Waals surface area contributed by atoms with Crippen molar-refractivity contribution >= 4 is 27.5 Å². The number of amides is 2. The Labute approximate surface area is 242 Å². The first-order chi connectivity index (χ1) is 19.7. The van der Waals surface area contributed by atoms with E-state index < -0.39 is 21.9 Å². The van der Waals surface area contributed by atoms with E-state index in [4.69, 9.17) is 4.74 Å². The molecule has 3 rings (SSSR count). The number of halogens is 1. The third-order valence-corrected chi connectivity index (χ3v) is 7.80. The molecule has 0 fully saturated rings. The first kappa shape index (κ1) is 31.6. The zero-order chi connectivity index (χ0) is 29.8. The maximum atomic E-state index is 14.7. The first-order valence-electron chi connectivity index (χ1n) is 13.6. The van der Waals surface area contributed by atoms with E-state index in [-0.39, 0.29) is 49.7 Å². The van der Waals surface area contributed by atoms with Crippen LogP contribution in [0.4, 0.5) is 10.1 Å². The highest BCUT2D eigenvalue weighted by atomic mass is 32.2. The molecule has 3 aromatic carbocycles. The summed E-state index contributed by atoms with van der Waals surface area (Å²) < 4.78 is 46.6. The Hall–Kier alpha value is -3.92. The SMILES string of the molecule is CCCNC(=O)[C@H](Cc1ccccc1)N(Cc1ccccc1F)C(=O)CCCN(c1ccccc1OC)S(C)(=O)=O. The highest BCUT2D eigenvalue weighted by molar-refractivity contribution is 7.92. The summed E-state index contributed by atoms with van der Waals surface area (Å²) in [6.45, 7) is 2.28. The van der Waals surface area contributed by atoms with Crippen molar-refractivity contribution < 1.29 is 27.1 Å². The normalized spacial score (nSPS) is 11.9. The minimum absolute atomic E-state index is 0.0177. The third-order valence-electron chi connectivity index (χ3n) is 6.62. The van der Waals surface area contributed by atoms with Crippen molar-refractivity contribution in [2.75, 3.05) is 30.8 Å². The Morgan fingerprint density at radius 2 is 1.63 bits per heavy atom. The maximum absolute atomic E-state index is 14.7. The van der Waals surface area contributed by atoms with Gasteiger partial charge in [-0.2, -0.15) is 0 Å². The molecule has 41 heavy (non-hydrogen) atoms. The monoisotopic (exact) mass is 583 g/mol. The van der Waals surface area contributed by atoms with E-state index in [0.29, 0.717) is 18.0 Å². The average molecular weight is 584 g/mol. The number of hydrogen-bond donors (Lipinski definition) is 1. The molecule has 0 unspecified atom stereocenters. The number of rotatable bonds is 15. The number of hydrogen-bond acceptors (Lipinski definition) is 5. The van der Waals surface area contributed by atoms with Gasteiger partial charge in [0.05, 0.1) is 19.1 Å². The molecule has 0 aliphatic carbocycles. The second kappa shape index (κ2) is 15.2. The molecule has 0 aliphatic rings. The fourth-order valence-corrected chi connectivity index (χ4v) is 5.52. The molecule has 0 spiro atoms. The number of carbonyl (C=O) groups is 2. The van der Waals surface area contributed by atoms with E-state index in [1.807, 2.05) is 37.3 Å². The molecule has 220 valence electrons. The molecule has 3 aromatic rings. The average Bonchev–Trinajstić information content (AvgIpc) is 2.96. The Morgan fingerprint density at radius 1 is 0.976 bits per heavy atom. The van der Waals surface area contributed by atoms with Gasteiger partial charge in [0.15, 0.2) is 0 Å². The van der Waals surface area contributed by atoms with Gasteiger partial charge in [-0.3, -0.25) is 13.9 Å². The lowest BCUT2D eigenvalue weighted by Gasteiger charge is -2.32. The van der Waals surface area contributed by atoms with E-state index in [2.05, 4.69) is 5.32 Å². The van der Waals surface area contributed by atoms with Crippen LogP contribution in [0.2, 0.25) is 0 Å². The van der Waals surface area contributed by atoms with Crippen molar-refractivity contribution in [1.82, 2.24) is 10.2 Å². The quantitative estimate of drug-likeness (QED) is 0.283.